The van der Waals surface area contributed by atoms with E-state index in [2.05, 4.69) is 5.32 Å². The number of rotatable bonds is 4. The van der Waals surface area contributed by atoms with Crippen LogP contribution in [0.4, 0.5) is 0 Å². The molecule has 1 heterocycles. The average molecular weight is 224 g/mol. The van der Waals surface area contributed by atoms with Crippen molar-refractivity contribution in [1.29, 1.82) is 0 Å². The van der Waals surface area contributed by atoms with Gasteiger partial charge in [-0.2, -0.15) is 0 Å². The first-order valence-electron chi connectivity index (χ1n) is 5.76. The van der Waals surface area contributed by atoms with Gasteiger partial charge in [0.25, 0.3) is 0 Å². The fraction of sp³-hybridized carbons (Fsp3) is 0.667. The van der Waals surface area contributed by atoms with Crippen molar-refractivity contribution >= 4 is 11.8 Å². The average Bonchev–Trinajstić information content (AvgIpc) is 2.21. The minimum atomic E-state index is -0.322. The van der Waals surface area contributed by atoms with Crippen LogP contribution in [-0.4, -0.2) is 35.8 Å². The minimum absolute atomic E-state index is 0.0407. The molecule has 1 unspecified atom stereocenters. The fourth-order valence-electron chi connectivity index (χ4n) is 1.70. The molecule has 4 heteroatoms. The van der Waals surface area contributed by atoms with Crippen molar-refractivity contribution in [3.8, 4) is 0 Å². The molecule has 1 N–H and O–H groups in total. The molecule has 0 aromatic rings. The standard InChI is InChI=1S/C12H20N2O2/c1-4-5-10-12(16)14(7-6-9(2)3)8-11(15)13-10/h6,10H,4-5,7-8H2,1-3H3,(H,13,15). The molecule has 0 aliphatic carbocycles. The van der Waals surface area contributed by atoms with Gasteiger partial charge in [0.2, 0.25) is 11.8 Å². The number of carbonyl (C=O) groups is 2. The molecule has 1 fully saturated rings. The van der Waals surface area contributed by atoms with Crippen molar-refractivity contribution < 1.29 is 9.59 Å². The van der Waals surface area contributed by atoms with Crippen LogP contribution < -0.4 is 5.32 Å². The third-order valence-corrected chi connectivity index (χ3v) is 2.58. The Morgan fingerprint density at radius 1 is 1.50 bits per heavy atom. The smallest absolute Gasteiger partial charge is 0.245 e. The van der Waals surface area contributed by atoms with Crippen LogP contribution in [0.2, 0.25) is 0 Å². The van der Waals surface area contributed by atoms with Gasteiger partial charge in [0.05, 0.1) is 6.54 Å². The normalized spacial score (nSPS) is 20.7. The molecule has 1 aliphatic heterocycles. The van der Waals surface area contributed by atoms with Crippen LogP contribution >= 0.6 is 0 Å². The molecule has 2 amide bonds. The molecular formula is C12H20N2O2. The van der Waals surface area contributed by atoms with Gasteiger partial charge in [0.1, 0.15) is 6.04 Å². The third-order valence-electron chi connectivity index (χ3n) is 2.58. The molecule has 0 bridgehead atoms. The van der Waals surface area contributed by atoms with Crippen LogP contribution in [0.5, 0.6) is 0 Å². The summed E-state index contributed by atoms with van der Waals surface area (Å²) in [5.41, 5.74) is 1.16. The number of amides is 2. The lowest BCUT2D eigenvalue weighted by Crippen LogP contribution is -2.57. The van der Waals surface area contributed by atoms with Gasteiger partial charge in [-0.1, -0.05) is 25.0 Å². The number of hydrogen-bond acceptors (Lipinski definition) is 2. The molecule has 4 nitrogen and oxygen atoms in total. The van der Waals surface area contributed by atoms with E-state index in [0.717, 1.165) is 18.4 Å². The summed E-state index contributed by atoms with van der Waals surface area (Å²) in [4.78, 5) is 25.0. The van der Waals surface area contributed by atoms with Gasteiger partial charge in [0, 0.05) is 6.54 Å². The van der Waals surface area contributed by atoms with Crippen molar-refractivity contribution in [2.24, 2.45) is 0 Å². The van der Waals surface area contributed by atoms with E-state index in [-0.39, 0.29) is 24.4 Å². The second-order valence-electron chi connectivity index (χ2n) is 4.41. The van der Waals surface area contributed by atoms with E-state index in [4.69, 9.17) is 0 Å². The Bertz CT molecular complexity index is 306. The minimum Gasteiger partial charge on any atom is -0.343 e. The molecule has 1 aliphatic rings. The SMILES string of the molecule is CCCC1NC(=O)CN(CC=C(C)C)C1=O. The fourth-order valence-corrected chi connectivity index (χ4v) is 1.70. The van der Waals surface area contributed by atoms with E-state index >= 15 is 0 Å². The summed E-state index contributed by atoms with van der Waals surface area (Å²) in [5.74, 6) is -0.0147. The Kier molecular flexibility index (Phi) is 4.52. The highest BCUT2D eigenvalue weighted by molar-refractivity contribution is 5.94. The molecule has 1 rings (SSSR count). The summed E-state index contributed by atoms with van der Waals surface area (Å²) < 4.78 is 0. The lowest BCUT2D eigenvalue weighted by molar-refractivity contribution is -0.143. The predicted molar refractivity (Wildman–Crippen MR) is 62.8 cm³/mol. The van der Waals surface area contributed by atoms with Gasteiger partial charge in [-0.05, 0) is 20.3 Å². The number of nitrogens with zero attached hydrogens (tertiary/aromatic N) is 1. The van der Waals surface area contributed by atoms with E-state index in [9.17, 15) is 9.59 Å². The van der Waals surface area contributed by atoms with Crippen molar-refractivity contribution in [2.45, 2.75) is 39.7 Å². The molecule has 0 aromatic carbocycles. The molecule has 0 saturated carbocycles. The van der Waals surface area contributed by atoms with Crippen LogP contribution in [0.25, 0.3) is 0 Å². The zero-order chi connectivity index (χ0) is 12.1. The summed E-state index contributed by atoms with van der Waals surface area (Å²) in [5, 5.41) is 2.73. The Hall–Kier alpha value is -1.32. The molecular weight excluding hydrogens is 204 g/mol. The van der Waals surface area contributed by atoms with Gasteiger partial charge >= 0.3 is 0 Å². The second-order valence-corrected chi connectivity index (χ2v) is 4.41. The highest BCUT2D eigenvalue weighted by Gasteiger charge is 2.30. The topological polar surface area (TPSA) is 49.4 Å². The van der Waals surface area contributed by atoms with E-state index in [0.29, 0.717) is 6.54 Å². The molecule has 1 saturated heterocycles. The highest BCUT2D eigenvalue weighted by atomic mass is 16.2. The van der Waals surface area contributed by atoms with Crippen molar-refractivity contribution in [1.82, 2.24) is 10.2 Å². The maximum atomic E-state index is 12.0. The molecule has 0 radical (unpaired) electrons. The first-order chi connectivity index (χ1) is 7.54. The van der Waals surface area contributed by atoms with Crippen molar-refractivity contribution in [3.05, 3.63) is 11.6 Å². The van der Waals surface area contributed by atoms with Gasteiger partial charge in [-0.25, -0.2) is 0 Å². The lowest BCUT2D eigenvalue weighted by Gasteiger charge is -2.31. The van der Waals surface area contributed by atoms with Crippen molar-refractivity contribution in [2.75, 3.05) is 13.1 Å². The molecule has 0 aromatic heterocycles. The largest absolute Gasteiger partial charge is 0.343 e. The Labute approximate surface area is 96.7 Å². The maximum Gasteiger partial charge on any atom is 0.245 e. The third kappa shape index (κ3) is 3.36. The second kappa shape index (κ2) is 5.68. The van der Waals surface area contributed by atoms with Gasteiger partial charge in [0.15, 0.2) is 0 Å². The quantitative estimate of drug-likeness (QED) is 0.726. The van der Waals surface area contributed by atoms with Gasteiger partial charge in [-0.3, -0.25) is 9.59 Å². The summed E-state index contributed by atoms with van der Waals surface area (Å²) in [7, 11) is 0. The zero-order valence-corrected chi connectivity index (χ0v) is 10.2. The first-order valence-corrected chi connectivity index (χ1v) is 5.76. The Morgan fingerprint density at radius 3 is 2.75 bits per heavy atom. The van der Waals surface area contributed by atoms with E-state index in [1.807, 2.05) is 26.8 Å². The van der Waals surface area contributed by atoms with Crippen LogP contribution in [0.15, 0.2) is 11.6 Å². The van der Waals surface area contributed by atoms with Crippen LogP contribution in [-0.2, 0) is 9.59 Å². The predicted octanol–water partition coefficient (Wildman–Crippen LogP) is 1.08. The number of carbonyl (C=O) groups excluding carboxylic acids is 2. The van der Waals surface area contributed by atoms with E-state index in [1.165, 1.54) is 0 Å². The van der Waals surface area contributed by atoms with E-state index in [1.54, 1.807) is 4.90 Å². The Morgan fingerprint density at radius 2 is 2.19 bits per heavy atom. The van der Waals surface area contributed by atoms with Crippen LogP contribution in [0.1, 0.15) is 33.6 Å². The lowest BCUT2D eigenvalue weighted by atomic mass is 10.1. The number of nitrogens with one attached hydrogen (secondary N) is 1. The number of piperazine rings is 1. The van der Waals surface area contributed by atoms with Crippen molar-refractivity contribution in [3.63, 3.8) is 0 Å². The monoisotopic (exact) mass is 224 g/mol. The van der Waals surface area contributed by atoms with Gasteiger partial charge in [-0.15, -0.1) is 0 Å². The van der Waals surface area contributed by atoms with Crippen LogP contribution in [0.3, 0.4) is 0 Å². The van der Waals surface area contributed by atoms with Gasteiger partial charge < -0.3 is 10.2 Å². The Balaban J connectivity index is 2.65. The molecule has 90 valence electrons. The molecule has 0 spiro atoms. The summed E-state index contributed by atoms with van der Waals surface area (Å²) in [6.45, 7) is 6.70. The zero-order valence-electron chi connectivity index (χ0n) is 10.2. The summed E-state index contributed by atoms with van der Waals surface area (Å²) in [6, 6.07) is -0.322. The van der Waals surface area contributed by atoms with Crippen LogP contribution in [0, 0.1) is 0 Å². The molecule has 1 atom stereocenters. The number of hydrogen-bond donors (Lipinski definition) is 1. The summed E-state index contributed by atoms with van der Waals surface area (Å²) >= 11 is 0. The number of allylic oxidation sites excluding steroid dienone is 1. The van der Waals surface area contributed by atoms with E-state index < -0.39 is 0 Å². The summed E-state index contributed by atoms with van der Waals surface area (Å²) in [6.07, 6.45) is 3.59. The molecule has 16 heavy (non-hydrogen) atoms. The maximum absolute atomic E-state index is 12.0. The first kappa shape index (κ1) is 12.7. The highest BCUT2D eigenvalue weighted by Crippen LogP contribution is 2.08.